The van der Waals surface area contributed by atoms with Gasteiger partial charge in [0.25, 0.3) is 0 Å². The molecule has 7 nitrogen and oxygen atoms in total. The van der Waals surface area contributed by atoms with Crippen molar-refractivity contribution in [2.75, 3.05) is 48.0 Å². The topological polar surface area (TPSA) is 88.3 Å². The van der Waals surface area contributed by atoms with Gasteiger partial charge in [0.15, 0.2) is 11.6 Å². The molecular weight excluding hydrogens is 328 g/mol. The first-order chi connectivity index (χ1) is 12.7. The van der Waals surface area contributed by atoms with Gasteiger partial charge in [-0.1, -0.05) is 26.0 Å². The van der Waals surface area contributed by atoms with Crippen molar-refractivity contribution >= 4 is 23.3 Å². The van der Waals surface area contributed by atoms with Crippen LogP contribution in [0.25, 0.3) is 0 Å². The zero-order valence-electron chi connectivity index (χ0n) is 15.7. The summed E-state index contributed by atoms with van der Waals surface area (Å²) in [6.45, 7) is 6.95. The third kappa shape index (κ3) is 3.76. The van der Waals surface area contributed by atoms with E-state index in [0.717, 1.165) is 55.5 Å². The second kappa shape index (κ2) is 8.12. The van der Waals surface area contributed by atoms with E-state index in [0.29, 0.717) is 5.95 Å². The van der Waals surface area contributed by atoms with E-state index >= 15 is 0 Å². The van der Waals surface area contributed by atoms with E-state index in [4.69, 9.17) is 10.5 Å². The zero-order valence-corrected chi connectivity index (χ0v) is 15.7. The summed E-state index contributed by atoms with van der Waals surface area (Å²) >= 11 is 0. The Morgan fingerprint density at radius 3 is 2.46 bits per heavy atom. The van der Waals surface area contributed by atoms with Crippen molar-refractivity contribution in [2.24, 2.45) is 0 Å². The average molecular weight is 356 g/mol. The molecule has 2 aromatic rings. The highest BCUT2D eigenvalue weighted by Gasteiger charge is 2.26. The minimum absolute atomic E-state index is 0.129. The summed E-state index contributed by atoms with van der Waals surface area (Å²) in [6, 6.07) is 8.25. The fraction of sp³-hybridized carbons (Fsp3) is 0.474. The molecule has 1 aromatic heterocycles. The van der Waals surface area contributed by atoms with Crippen LogP contribution in [0, 0.1) is 0 Å². The van der Waals surface area contributed by atoms with Crippen LogP contribution >= 0.6 is 0 Å². The van der Waals surface area contributed by atoms with Crippen LogP contribution in [0.15, 0.2) is 24.3 Å². The summed E-state index contributed by atoms with van der Waals surface area (Å²) < 4.78 is 5.25. The molecule has 3 rings (SSSR count). The monoisotopic (exact) mass is 356 g/mol. The lowest BCUT2D eigenvalue weighted by molar-refractivity contribution is 0.414. The van der Waals surface area contributed by atoms with Crippen LogP contribution in [-0.4, -0.2) is 36.7 Å². The van der Waals surface area contributed by atoms with Crippen molar-refractivity contribution in [3.8, 4) is 5.75 Å². The van der Waals surface area contributed by atoms with Crippen LogP contribution in [0.5, 0.6) is 5.75 Å². The Morgan fingerprint density at radius 1 is 1.15 bits per heavy atom. The molecular formula is C19H28N6O. The summed E-state index contributed by atoms with van der Waals surface area (Å²) in [4.78, 5) is 11.2. The first-order valence-electron chi connectivity index (χ1n) is 9.23. The van der Waals surface area contributed by atoms with E-state index < -0.39 is 0 Å². The smallest absolute Gasteiger partial charge is 0.224 e. The number of hydrogen-bond acceptors (Lipinski definition) is 7. The Morgan fingerprint density at radius 2 is 1.85 bits per heavy atom. The van der Waals surface area contributed by atoms with E-state index in [9.17, 15) is 0 Å². The van der Waals surface area contributed by atoms with Crippen molar-refractivity contribution in [3.63, 3.8) is 0 Å². The molecule has 0 bridgehead atoms. The molecule has 0 radical (unpaired) electrons. The molecule has 7 heteroatoms. The number of nitrogens with two attached hydrogens (primary N) is 1. The summed E-state index contributed by atoms with van der Waals surface area (Å²) in [5.74, 6) is 2.80. The van der Waals surface area contributed by atoms with Crippen LogP contribution in [0.2, 0.25) is 0 Å². The Labute approximate surface area is 155 Å². The largest absolute Gasteiger partial charge is 0.497 e. The van der Waals surface area contributed by atoms with E-state index in [1.807, 2.05) is 12.1 Å². The van der Waals surface area contributed by atoms with Gasteiger partial charge in [-0.3, -0.25) is 0 Å². The molecule has 1 aliphatic heterocycles. The molecule has 4 N–H and O–H groups in total. The number of fused-ring (bicyclic) bond motifs is 1. The zero-order chi connectivity index (χ0) is 18.5. The number of ether oxygens (including phenoxy) is 1. The number of anilines is 4. The Balaban J connectivity index is 1.92. The van der Waals surface area contributed by atoms with Gasteiger partial charge < -0.3 is 26.0 Å². The van der Waals surface area contributed by atoms with Crippen LogP contribution in [0.4, 0.5) is 23.3 Å². The predicted octanol–water partition coefficient (Wildman–Crippen LogP) is 3.27. The highest BCUT2D eigenvalue weighted by atomic mass is 16.5. The standard InChI is InChI=1S/C19H28N6O/c1-4-10-25(11-5-2)18-16-17(23-19(20)24-18)21-12-15(22-16)13-6-8-14(26-3)9-7-13/h6-9,15,22H,4-5,10-12H2,1-3H3,(H3,20,21,23,24)/t15-/m0/s1. The van der Waals surface area contributed by atoms with Crippen molar-refractivity contribution in [3.05, 3.63) is 29.8 Å². The molecule has 0 saturated heterocycles. The van der Waals surface area contributed by atoms with Gasteiger partial charge in [0.2, 0.25) is 5.95 Å². The van der Waals surface area contributed by atoms with Crippen LogP contribution in [0.1, 0.15) is 38.3 Å². The molecule has 0 fully saturated rings. The van der Waals surface area contributed by atoms with E-state index in [-0.39, 0.29) is 6.04 Å². The van der Waals surface area contributed by atoms with Crippen molar-refractivity contribution < 1.29 is 4.74 Å². The molecule has 140 valence electrons. The van der Waals surface area contributed by atoms with Gasteiger partial charge in [-0.2, -0.15) is 9.97 Å². The molecule has 1 aliphatic rings. The van der Waals surface area contributed by atoms with Gasteiger partial charge in [0.05, 0.1) is 13.2 Å². The number of rotatable bonds is 7. The van der Waals surface area contributed by atoms with Crippen molar-refractivity contribution in [2.45, 2.75) is 32.7 Å². The average Bonchev–Trinajstić information content (AvgIpc) is 2.67. The molecule has 2 heterocycles. The quantitative estimate of drug-likeness (QED) is 0.701. The number of benzene rings is 1. The molecule has 0 saturated carbocycles. The van der Waals surface area contributed by atoms with Crippen LogP contribution < -0.4 is 26.0 Å². The van der Waals surface area contributed by atoms with Gasteiger partial charge in [0.1, 0.15) is 11.4 Å². The molecule has 1 atom stereocenters. The highest BCUT2D eigenvalue weighted by molar-refractivity contribution is 5.81. The lowest BCUT2D eigenvalue weighted by Crippen LogP contribution is -2.32. The third-order valence-corrected chi connectivity index (χ3v) is 4.50. The van der Waals surface area contributed by atoms with Gasteiger partial charge in [-0.25, -0.2) is 0 Å². The maximum absolute atomic E-state index is 5.96. The van der Waals surface area contributed by atoms with E-state index in [1.54, 1.807) is 7.11 Å². The summed E-state index contributed by atoms with van der Waals surface area (Å²) in [6.07, 6.45) is 2.10. The van der Waals surface area contributed by atoms with Gasteiger partial charge in [0, 0.05) is 19.6 Å². The molecule has 26 heavy (non-hydrogen) atoms. The molecule has 0 unspecified atom stereocenters. The molecule has 1 aromatic carbocycles. The predicted molar refractivity (Wildman–Crippen MR) is 107 cm³/mol. The molecule has 0 amide bonds. The Bertz CT molecular complexity index is 728. The number of nitrogens with zero attached hydrogens (tertiary/aromatic N) is 3. The SMILES string of the molecule is CCCN(CCC)c1nc(N)nc2c1N[C@H](c1ccc(OC)cc1)CN2. The maximum atomic E-state index is 5.96. The Kier molecular flexibility index (Phi) is 5.65. The fourth-order valence-electron chi connectivity index (χ4n) is 3.28. The number of hydrogen-bond donors (Lipinski definition) is 3. The van der Waals surface area contributed by atoms with Gasteiger partial charge in [-0.15, -0.1) is 0 Å². The normalized spacial score (nSPS) is 15.6. The van der Waals surface area contributed by atoms with Crippen LogP contribution in [-0.2, 0) is 0 Å². The Hall–Kier alpha value is -2.70. The number of nitrogen functional groups attached to an aromatic ring is 1. The minimum Gasteiger partial charge on any atom is -0.497 e. The second-order valence-corrected chi connectivity index (χ2v) is 6.47. The number of nitrogens with one attached hydrogen (secondary N) is 2. The summed E-state index contributed by atoms with van der Waals surface area (Å²) in [7, 11) is 1.68. The number of methoxy groups -OCH3 is 1. The first-order valence-corrected chi connectivity index (χ1v) is 9.23. The third-order valence-electron chi connectivity index (χ3n) is 4.50. The lowest BCUT2D eigenvalue weighted by atomic mass is 10.0. The van der Waals surface area contributed by atoms with Gasteiger partial charge in [-0.05, 0) is 30.5 Å². The van der Waals surface area contributed by atoms with Crippen molar-refractivity contribution in [1.29, 1.82) is 0 Å². The summed E-state index contributed by atoms with van der Waals surface area (Å²) in [5.41, 5.74) is 8.07. The van der Waals surface area contributed by atoms with E-state index in [1.165, 1.54) is 5.56 Å². The first kappa shape index (κ1) is 18.1. The number of aromatic nitrogens is 2. The van der Waals surface area contributed by atoms with E-state index in [2.05, 4.69) is 51.5 Å². The fourth-order valence-corrected chi connectivity index (χ4v) is 3.28. The molecule has 0 aliphatic carbocycles. The van der Waals surface area contributed by atoms with Crippen molar-refractivity contribution in [1.82, 2.24) is 9.97 Å². The lowest BCUT2D eigenvalue weighted by Gasteiger charge is -2.32. The second-order valence-electron chi connectivity index (χ2n) is 6.47. The van der Waals surface area contributed by atoms with Gasteiger partial charge >= 0.3 is 0 Å². The summed E-state index contributed by atoms with van der Waals surface area (Å²) in [5, 5.41) is 7.03. The highest BCUT2D eigenvalue weighted by Crippen LogP contribution is 2.37. The molecule has 0 spiro atoms. The maximum Gasteiger partial charge on any atom is 0.224 e. The van der Waals surface area contributed by atoms with Crippen LogP contribution in [0.3, 0.4) is 0 Å². The minimum atomic E-state index is 0.129.